The van der Waals surface area contributed by atoms with Crippen LogP contribution in [0, 0.1) is 0 Å². The minimum atomic E-state index is -0.0554. The van der Waals surface area contributed by atoms with E-state index < -0.39 is 0 Å². The maximum absolute atomic E-state index is 11.7. The molecule has 1 aromatic rings. The highest BCUT2D eigenvalue weighted by Crippen LogP contribution is 2.05. The number of aliphatic imine (C=N–C) groups is 1. The second-order valence-corrected chi connectivity index (χ2v) is 6.45. The van der Waals surface area contributed by atoms with E-state index in [1.54, 1.807) is 7.05 Å². The van der Waals surface area contributed by atoms with Crippen LogP contribution in [0.1, 0.15) is 43.1 Å². The molecule has 1 unspecified atom stereocenters. The molecule has 26 heavy (non-hydrogen) atoms. The number of nitrogens with zero attached hydrogens (tertiary/aromatic N) is 2. The van der Waals surface area contributed by atoms with Crippen LogP contribution in [0.4, 0.5) is 0 Å². The summed E-state index contributed by atoms with van der Waals surface area (Å²) in [5, 5.41) is 9.31. The Hall–Kier alpha value is -2.08. The molecule has 0 bridgehead atoms. The lowest BCUT2D eigenvalue weighted by Gasteiger charge is -2.22. The van der Waals surface area contributed by atoms with Gasteiger partial charge in [-0.05, 0) is 51.4 Å². The Balaban J connectivity index is 2.50. The first-order valence-corrected chi connectivity index (χ1v) is 9.55. The highest BCUT2D eigenvalue weighted by molar-refractivity contribution is 5.94. The van der Waals surface area contributed by atoms with Crippen molar-refractivity contribution < 1.29 is 4.79 Å². The van der Waals surface area contributed by atoms with Gasteiger partial charge < -0.3 is 20.9 Å². The van der Waals surface area contributed by atoms with Crippen LogP contribution < -0.4 is 16.0 Å². The van der Waals surface area contributed by atoms with E-state index in [4.69, 9.17) is 0 Å². The number of rotatable bonds is 10. The maximum atomic E-state index is 11.7. The van der Waals surface area contributed by atoms with E-state index in [2.05, 4.69) is 53.7 Å². The zero-order valence-electron chi connectivity index (χ0n) is 16.9. The molecule has 0 radical (unpaired) electrons. The molecule has 0 aliphatic carbocycles. The fraction of sp³-hybridized carbons (Fsp3) is 0.600. The van der Waals surface area contributed by atoms with Gasteiger partial charge in [0.2, 0.25) is 0 Å². The number of benzene rings is 1. The first-order valence-electron chi connectivity index (χ1n) is 9.55. The van der Waals surface area contributed by atoms with Gasteiger partial charge in [-0.15, -0.1) is 0 Å². The molecule has 1 amide bonds. The van der Waals surface area contributed by atoms with Crippen LogP contribution in [0.5, 0.6) is 0 Å². The lowest BCUT2D eigenvalue weighted by molar-refractivity contribution is 0.0963. The summed E-state index contributed by atoms with van der Waals surface area (Å²) in [4.78, 5) is 18.7. The third kappa shape index (κ3) is 7.87. The molecule has 1 rings (SSSR count). The van der Waals surface area contributed by atoms with Crippen molar-refractivity contribution in [2.75, 3.05) is 40.3 Å². The summed E-state index contributed by atoms with van der Waals surface area (Å²) in [6.07, 6.45) is 1.98. The number of hydrogen-bond donors (Lipinski definition) is 3. The van der Waals surface area contributed by atoms with Gasteiger partial charge in [-0.3, -0.25) is 9.79 Å². The van der Waals surface area contributed by atoms with Crippen molar-refractivity contribution in [2.24, 2.45) is 4.99 Å². The summed E-state index contributed by atoms with van der Waals surface area (Å²) in [7, 11) is 3.79. The molecule has 0 heterocycles. The third-order valence-corrected chi connectivity index (χ3v) is 4.53. The van der Waals surface area contributed by atoms with E-state index in [9.17, 15) is 4.79 Å². The number of hydrogen-bond acceptors (Lipinski definition) is 3. The standard InChI is InChI=1S/C20H35N5O/c1-6-16(3)25(5)14-13-24-20(22-7-2)23-12-11-17-9-8-10-18(15-17)19(26)21-4/h8-10,15-16H,6-7,11-14H2,1-5H3,(H,21,26)(H2,22,23,24). The quantitative estimate of drug-likeness (QED) is 0.440. The van der Waals surface area contributed by atoms with Crippen molar-refractivity contribution in [3.63, 3.8) is 0 Å². The summed E-state index contributed by atoms with van der Waals surface area (Å²) in [6, 6.07) is 8.30. The lowest BCUT2D eigenvalue weighted by Crippen LogP contribution is -2.39. The fourth-order valence-electron chi connectivity index (χ4n) is 2.53. The second-order valence-electron chi connectivity index (χ2n) is 6.45. The van der Waals surface area contributed by atoms with Crippen LogP contribution >= 0.6 is 0 Å². The van der Waals surface area contributed by atoms with Gasteiger partial charge in [-0.1, -0.05) is 19.1 Å². The SMILES string of the molecule is CCNC(=NCCN(C)C(C)CC)NCCc1cccc(C(=O)NC)c1. The monoisotopic (exact) mass is 361 g/mol. The molecule has 0 aliphatic rings. The fourth-order valence-corrected chi connectivity index (χ4v) is 2.53. The van der Waals surface area contributed by atoms with Crippen molar-refractivity contribution in [1.29, 1.82) is 0 Å². The van der Waals surface area contributed by atoms with Gasteiger partial charge in [-0.25, -0.2) is 0 Å². The number of guanidine groups is 1. The normalized spacial score (nSPS) is 12.8. The minimum Gasteiger partial charge on any atom is -0.357 e. The molecule has 0 aliphatic heterocycles. The Morgan fingerprint density at radius 1 is 1.27 bits per heavy atom. The van der Waals surface area contributed by atoms with Gasteiger partial charge in [0, 0.05) is 38.3 Å². The van der Waals surface area contributed by atoms with Crippen LogP contribution in [0.15, 0.2) is 29.3 Å². The van der Waals surface area contributed by atoms with E-state index in [0.29, 0.717) is 11.6 Å². The van der Waals surface area contributed by atoms with Gasteiger partial charge in [0.25, 0.3) is 5.91 Å². The molecular formula is C20H35N5O. The van der Waals surface area contributed by atoms with Crippen LogP contribution in [-0.4, -0.2) is 63.1 Å². The lowest BCUT2D eigenvalue weighted by atomic mass is 10.1. The van der Waals surface area contributed by atoms with Crippen molar-refractivity contribution in [3.05, 3.63) is 35.4 Å². The molecule has 6 heteroatoms. The average Bonchev–Trinajstić information content (AvgIpc) is 2.66. The van der Waals surface area contributed by atoms with Crippen molar-refractivity contribution in [1.82, 2.24) is 20.9 Å². The summed E-state index contributed by atoms with van der Waals surface area (Å²) in [5.74, 6) is 0.785. The topological polar surface area (TPSA) is 68.8 Å². The minimum absolute atomic E-state index is 0.0554. The Labute approximate surface area is 158 Å². The van der Waals surface area contributed by atoms with Gasteiger partial charge in [0.1, 0.15) is 0 Å². The van der Waals surface area contributed by atoms with Crippen molar-refractivity contribution in [3.8, 4) is 0 Å². The first kappa shape index (κ1) is 22.0. The Morgan fingerprint density at radius 3 is 2.69 bits per heavy atom. The summed E-state index contributed by atoms with van der Waals surface area (Å²) >= 11 is 0. The molecule has 6 nitrogen and oxygen atoms in total. The molecule has 1 aromatic carbocycles. The summed E-state index contributed by atoms with van der Waals surface area (Å²) in [5.41, 5.74) is 1.82. The third-order valence-electron chi connectivity index (χ3n) is 4.53. The van der Waals surface area contributed by atoms with E-state index >= 15 is 0 Å². The Kier molecular flexibility index (Phi) is 10.4. The largest absolute Gasteiger partial charge is 0.357 e. The smallest absolute Gasteiger partial charge is 0.251 e. The van der Waals surface area contributed by atoms with Crippen LogP contribution in [0.25, 0.3) is 0 Å². The first-order chi connectivity index (χ1) is 12.5. The zero-order valence-corrected chi connectivity index (χ0v) is 16.9. The van der Waals surface area contributed by atoms with E-state index in [1.807, 2.05) is 24.3 Å². The highest BCUT2D eigenvalue weighted by Gasteiger charge is 2.06. The number of carbonyl (C=O) groups is 1. The summed E-state index contributed by atoms with van der Waals surface area (Å²) in [6.45, 7) is 9.82. The molecule has 1 atom stereocenters. The van der Waals surface area contributed by atoms with E-state index in [1.165, 1.54) is 0 Å². The van der Waals surface area contributed by atoms with Gasteiger partial charge in [-0.2, -0.15) is 0 Å². The van der Waals surface area contributed by atoms with Crippen molar-refractivity contribution >= 4 is 11.9 Å². The van der Waals surface area contributed by atoms with Gasteiger partial charge in [0.15, 0.2) is 5.96 Å². The number of carbonyl (C=O) groups excluding carboxylic acids is 1. The Bertz CT molecular complexity index is 573. The van der Waals surface area contributed by atoms with Gasteiger partial charge >= 0.3 is 0 Å². The molecule has 0 aromatic heterocycles. The molecule has 0 fully saturated rings. The maximum Gasteiger partial charge on any atom is 0.251 e. The van der Waals surface area contributed by atoms with E-state index in [-0.39, 0.29) is 5.91 Å². The molecular weight excluding hydrogens is 326 g/mol. The van der Waals surface area contributed by atoms with Gasteiger partial charge in [0.05, 0.1) is 6.54 Å². The summed E-state index contributed by atoms with van der Waals surface area (Å²) < 4.78 is 0. The van der Waals surface area contributed by atoms with E-state index in [0.717, 1.165) is 50.5 Å². The van der Waals surface area contributed by atoms with Crippen LogP contribution in [0.3, 0.4) is 0 Å². The number of likely N-dealkylation sites (N-methyl/N-ethyl adjacent to an activating group) is 1. The molecule has 0 saturated heterocycles. The predicted molar refractivity (Wildman–Crippen MR) is 110 cm³/mol. The predicted octanol–water partition coefficient (Wildman–Crippen LogP) is 1.87. The molecule has 0 saturated carbocycles. The van der Waals surface area contributed by atoms with Crippen LogP contribution in [-0.2, 0) is 6.42 Å². The van der Waals surface area contributed by atoms with Crippen molar-refractivity contribution in [2.45, 2.75) is 39.7 Å². The molecule has 146 valence electrons. The second kappa shape index (κ2) is 12.3. The molecule has 3 N–H and O–H groups in total. The van der Waals surface area contributed by atoms with Crippen LogP contribution in [0.2, 0.25) is 0 Å². The number of nitrogens with one attached hydrogen (secondary N) is 3. The number of amides is 1. The Morgan fingerprint density at radius 2 is 2.04 bits per heavy atom. The zero-order chi connectivity index (χ0) is 19.4. The average molecular weight is 362 g/mol. The highest BCUT2D eigenvalue weighted by atomic mass is 16.1. The molecule has 0 spiro atoms.